The molecule has 100 valence electrons. The maximum atomic E-state index is 13.5. The summed E-state index contributed by atoms with van der Waals surface area (Å²) in [5, 5.41) is 4.05. The second kappa shape index (κ2) is 6.51. The molecule has 2 aromatic rings. The van der Waals surface area contributed by atoms with E-state index in [0.717, 1.165) is 22.1 Å². The summed E-state index contributed by atoms with van der Waals surface area (Å²) in [6, 6.07) is 12.2. The van der Waals surface area contributed by atoms with Crippen LogP contribution in [0, 0.1) is 5.82 Å². The number of benzene rings is 2. The molecule has 2 rings (SSSR count). The molecule has 0 aromatic heterocycles. The van der Waals surface area contributed by atoms with Gasteiger partial charge in [-0.15, -0.1) is 0 Å². The fourth-order valence-electron chi connectivity index (χ4n) is 2.00. The first kappa shape index (κ1) is 14.5. The van der Waals surface area contributed by atoms with Crippen molar-refractivity contribution in [1.82, 2.24) is 5.32 Å². The van der Waals surface area contributed by atoms with Gasteiger partial charge in [0.25, 0.3) is 0 Å². The average molecular weight is 343 g/mol. The minimum Gasteiger partial charge on any atom is -0.306 e. The number of halogens is 3. The molecular weight excluding hydrogens is 329 g/mol. The van der Waals surface area contributed by atoms with Gasteiger partial charge in [-0.3, -0.25) is 0 Å². The zero-order chi connectivity index (χ0) is 13.8. The quantitative estimate of drug-likeness (QED) is 0.830. The van der Waals surface area contributed by atoms with Crippen LogP contribution >= 0.6 is 27.5 Å². The summed E-state index contributed by atoms with van der Waals surface area (Å²) in [7, 11) is 0. The van der Waals surface area contributed by atoms with Gasteiger partial charge in [-0.25, -0.2) is 4.39 Å². The molecule has 1 unspecified atom stereocenters. The van der Waals surface area contributed by atoms with Crippen LogP contribution in [0.5, 0.6) is 0 Å². The highest BCUT2D eigenvalue weighted by atomic mass is 79.9. The van der Waals surface area contributed by atoms with Crippen molar-refractivity contribution in [3.8, 4) is 0 Å². The van der Waals surface area contributed by atoms with Crippen LogP contribution in [0.2, 0.25) is 5.02 Å². The molecule has 4 heteroatoms. The van der Waals surface area contributed by atoms with Gasteiger partial charge in [-0.2, -0.15) is 0 Å². The predicted molar refractivity (Wildman–Crippen MR) is 81.1 cm³/mol. The van der Waals surface area contributed by atoms with Gasteiger partial charge in [0, 0.05) is 9.50 Å². The topological polar surface area (TPSA) is 12.0 Å². The lowest BCUT2D eigenvalue weighted by molar-refractivity contribution is 0.601. The molecule has 0 aliphatic carbocycles. The smallest absolute Gasteiger partial charge is 0.123 e. The van der Waals surface area contributed by atoms with Crippen molar-refractivity contribution >= 4 is 27.5 Å². The molecule has 0 heterocycles. The van der Waals surface area contributed by atoms with Crippen LogP contribution in [-0.4, -0.2) is 6.54 Å². The maximum Gasteiger partial charge on any atom is 0.123 e. The Morgan fingerprint density at radius 2 is 1.89 bits per heavy atom. The Hall–Kier alpha value is -0.900. The van der Waals surface area contributed by atoms with Crippen molar-refractivity contribution in [1.29, 1.82) is 0 Å². The van der Waals surface area contributed by atoms with E-state index in [1.807, 2.05) is 31.2 Å². The van der Waals surface area contributed by atoms with Crippen LogP contribution in [0.25, 0.3) is 0 Å². The summed E-state index contributed by atoms with van der Waals surface area (Å²) in [6.45, 7) is 2.81. The Morgan fingerprint density at radius 3 is 2.53 bits per heavy atom. The molecule has 1 nitrogen and oxygen atoms in total. The van der Waals surface area contributed by atoms with Crippen molar-refractivity contribution in [2.45, 2.75) is 13.0 Å². The fraction of sp³-hybridized carbons (Fsp3) is 0.200. The van der Waals surface area contributed by atoms with Crippen LogP contribution in [0.4, 0.5) is 4.39 Å². The molecule has 2 aromatic carbocycles. The van der Waals surface area contributed by atoms with Crippen molar-refractivity contribution in [2.75, 3.05) is 6.54 Å². The van der Waals surface area contributed by atoms with Gasteiger partial charge < -0.3 is 5.32 Å². The maximum absolute atomic E-state index is 13.5. The first-order valence-electron chi connectivity index (χ1n) is 6.05. The van der Waals surface area contributed by atoms with E-state index in [0.29, 0.717) is 5.02 Å². The lowest BCUT2D eigenvalue weighted by Gasteiger charge is -2.20. The van der Waals surface area contributed by atoms with E-state index in [4.69, 9.17) is 11.6 Å². The predicted octanol–water partition coefficient (Wildman–Crippen LogP) is 4.94. The third-order valence-corrected chi connectivity index (χ3v) is 3.85. The minimum absolute atomic E-state index is 0.0626. The van der Waals surface area contributed by atoms with Crippen LogP contribution < -0.4 is 5.32 Å². The molecule has 0 bridgehead atoms. The Morgan fingerprint density at radius 1 is 1.21 bits per heavy atom. The highest BCUT2D eigenvalue weighted by Crippen LogP contribution is 2.30. The molecule has 1 atom stereocenters. The third-order valence-electron chi connectivity index (χ3n) is 2.88. The van der Waals surface area contributed by atoms with Crippen LogP contribution in [0.3, 0.4) is 0 Å². The van der Waals surface area contributed by atoms with Gasteiger partial charge in [-0.05, 0) is 48.0 Å². The molecule has 0 spiro atoms. The number of nitrogens with one attached hydrogen (secondary N) is 1. The summed E-state index contributed by atoms with van der Waals surface area (Å²) in [5.74, 6) is -0.241. The Balaban J connectivity index is 2.44. The van der Waals surface area contributed by atoms with Crippen LogP contribution in [0.1, 0.15) is 24.1 Å². The molecule has 0 saturated heterocycles. The zero-order valence-electron chi connectivity index (χ0n) is 10.5. The van der Waals surface area contributed by atoms with Gasteiger partial charge in [0.2, 0.25) is 0 Å². The second-order valence-electron chi connectivity index (χ2n) is 4.21. The van der Waals surface area contributed by atoms with Crippen molar-refractivity contribution in [3.63, 3.8) is 0 Å². The minimum atomic E-state index is -0.241. The standard InChI is InChI=1S/C15H14BrClFN/c1-2-19-15(10-3-5-11(17)6-4-10)13-9-12(18)7-8-14(13)16/h3-9,15,19H,2H2,1H3. The molecule has 0 amide bonds. The second-order valence-corrected chi connectivity index (χ2v) is 5.50. The molecule has 0 aliphatic rings. The molecule has 0 fully saturated rings. The van der Waals surface area contributed by atoms with Gasteiger partial charge in [0.1, 0.15) is 5.82 Å². The molecular formula is C15H14BrClFN. The van der Waals surface area contributed by atoms with E-state index in [1.165, 1.54) is 6.07 Å². The SMILES string of the molecule is CCNC(c1ccc(Cl)cc1)c1cc(F)ccc1Br. The molecule has 0 radical (unpaired) electrons. The normalized spacial score (nSPS) is 12.4. The van der Waals surface area contributed by atoms with E-state index in [-0.39, 0.29) is 11.9 Å². The van der Waals surface area contributed by atoms with E-state index >= 15 is 0 Å². The summed E-state index contributed by atoms with van der Waals surface area (Å²) in [4.78, 5) is 0. The molecule has 0 aliphatic heterocycles. The van der Waals surface area contributed by atoms with Gasteiger partial charge in [0.05, 0.1) is 6.04 Å². The Kier molecular flexibility index (Phi) is 4.97. The highest BCUT2D eigenvalue weighted by molar-refractivity contribution is 9.10. The molecule has 19 heavy (non-hydrogen) atoms. The van der Waals surface area contributed by atoms with Crippen molar-refractivity contribution in [2.24, 2.45) is 0 Å². The van der Waals surface area contributed by atoms with E-state index in [2.05, 4.69) is 21.2 Å². The van der Waals surface area contributed by atoms with Gasteiger partial charge in [-0.1, -0.05) is 46.6 Å². The van der Waals surface area contributed by atoms with Gasteiger partial charge in [0.15, 0.2) is 0 Å². The van der Waals surface area contributed by atoms with Crippen molar-refractivity contribution in [3.05, 3.63) is 68.9 Å². The van der Waals surface area contributed by atoms with E-state index < -0.39 is 0 Å². The lowest BCUT2D eigenvalue weighted by Crippen LogP contribution is -2.22. The molecule has 0 saturated carbocycles. The van der Waals surface area contributed by atoms with Crippen LogP contribution in [-0.2, 0) is 0 Å². The average Bonchev–Trinajstić information content (AvgIpc) is 2.40. The largest absolute Gasteiger partial charge is 0.306 e. The van der Waals surface area contributed by atoms with Gasteiger partial charge >= 0.3 is 0 Å². The summed E-state index contributed by atoms with van der Waals surface area (Å²) in [6.07, 6.45) is 0. The van der Waals surface area contributed by atoms with E-state index in [9.17, 15) is 4.39 Å². The van der Waals surface area contributed by atoms with Crippen molar-refractivity contribution < 1.29 is 4.39 Å². The van der Waals surface area contributed by atoms with Crippen LogP contribution in [0.15, 0.2) is 46.9 Å². The monoisotopic (exact) mass is 341 g/mol. The Labute approximate surface area is 125 Å². The highest BCUT2D eigenvalue weighted by Gasteiger charge is 2.16. The number of hydrogen-bond donors (Lipinski definition) is 1. The first-order chi connectivity index (χ1) is 9.11. The Bertz CT molecular complexity index is 557. The van der Waals surface area contributed by atoms with E-state index in [1.54, 1.807) is 12.1 Å². The summed E-state index contributed by atoms with van der Waals surface area (Å²) >= 11 is 9.39. The lowest BCUT2D eigenvalue weighted by atomic mass is 9.98. The molecule has 1 N–H and O–H groups in total. The number of rotatable bonds is 4. The first-order valence-corrected chi connectivity index (χ1v) is 7.22. The number of hydrogen-bond acceptors (Lipinski definition) is 1. The fourth-order valence-corrected chi connectivity index (χ4v) is 2.60. The summed E-state index contributed by atoms with van der Waals surface area (Å²) in [5.41, 5.74) is 1.93. The third kappa shape index (κ3) is 3.56. The zero-order valence-corrected chi connectivity index (χ0v) is 12.8. The summed E-state index contributed by atoms with van der Waals surface area (Å²) < 4.78 is 14.3.